The number of aromatic nitrogens is 3. The van der Waals surface area contributed by atoms with Crippen LogP contribution >= 0.6 is 24.0 Å². The van der Waals surface area contributed by atoms with E-state index in [1.165, 1.54) is 24.8 Å². The number of benzene rings is 1. The van der Waals surface area contributed by atoms with Crippen LogP contribution in [0.3, 0.4) is 0 Å². The molecule has 26 heavy (non-hydrogen) atoms. The fraction of sp³-hybridized carbons (Fsp3) is 0.526. The fourth-order valence-corrected chi connectivity index (χ4v) is 3.12. The molecule has 1 aromatic carbocycles. The van der Waals surface area contributed by atoms with E-state index in [0.717, 1.165) is 50.1 Å². The third kappa shape index (κ3) is 5.96. The van der Waals surface area contributed by atoms with Crippen molar-refractivity contribution in [2.24, 2.45) is 4.99 Å². The smallest absolute Gasteiger partial charge is 0.191 e. The minimum atomic E-state index is 0. The van der Waals surface area contributed by atoms with Crippen LogP contribution in [0.25, 0.3) is 0 Å². The summed E-state index contributed by atoms with van der Waals surface area (Å²) in [6.45, 7) is 5.36. The number of nitrogens with zero attached hydrogens (tertiary/aromatic N) is 4. The molecule has 2 heterocycles. The van der Waals surface area contributed by atoms with Crippen molar-refractivity contribution in [1.82, 2.24) is 25.4 Å². The zero-order valence-electron chi connectivity index (χ0n) is 15.4. The van der Waals surface area contributed by atoms with Crippen molar-refractivity contribution in [3.8, 4) is 0 Å². The van der Waals surface area contributed by atoms with E-state index in [-0.39, 0.29) is 24.0 Å². The van der Waals surface area contributed by atoms with Gasteiger partial charge in [0.05, 0.1) is 0 Å². The molecule has 1 aromatic heterocycles. The van der Waals surface area contributed by atoms with E-state index in [0.29, 0.717) is 6.54 Å². The molecule has 2 aromatic rings. The van der Waals surface area contributed by atoms with Crippen molar-refractivity contribution in [2.75, 3.05) is 13.1 Å². The first-order valence-corrected chi connectivity index (χ1v) is 9.34. The highest BCUT2D eigenvalue weighted by atomic mass is 127. The van der Waals surface area contributed by atoms with Crippen LogP contribution in [0.4, 0.5) is 0 Å². The molecular formula is C19H29IN6. The molecule has 0 aliphatic carbocycles. The summed E-state index contributed by atoms with van der Waals surface area (Å²) in [7, 11) is 0. The first-order chi connectivity index (χ1) is 12.4. The average Bonchev–Trinajstić information content (AvgIpc) is 2.87. The van der Waals surface area contributed by atoms with Crippen molar-refractivity contribution >= 4 is 29.9 Å². The molecule has 2 N–H and O–H groups in total. The summed E-state index contributed by atoms with van der Waals surface area (Å²) >= 11 is 0. The molecule has 0 radical (unpaired) electrons. The van der Waals surface area contributed by atoms with Crippen molar-refractivity contribution in [3.05, 3.63) is 47.5 Å². The number of fused-ring (bicyclic) bond motifs is 1. The number of hydrogen-bond acceptors (Lipinski definition) is 3. The molecule has 7 heteroatoms. The van der Waals surface area contributed by atoms with E-state index in [2.05, 4.69) is 56.6 Å². The minimum Gasteiger partial charge on any atom is -0.357 e. The fourth-order valence-electron chi connectivity index (χ4n) is 3.12. The number of hydrogen-bond donors (Lipinski definition) is 2. The first-order valence-electron chi connectivity index (χ1n) is 9.34. The molecule has 0 bridgehead atoms. The summed E-state index contributed by atoms with van der Waals surface area (Å²) in [5, 5.41) is 15.4. The highest BCUT2D eigenvalue weighted by Crippen LogP contribution is 2.14. The SMILES string of the molecule is CCNC(=NCc1nnc2n1CCCCC2)NCCc1ccccc1.I. The van der Waals surface area contributed by atoms with Gasteiger partial charge in [-0.15, -0.1) is 34.2 Å². The van der Waals surface area contributed by atoms with Gasteiger partial charge in [0.15, 0.2) is 11.8 Å². The summed E-state index contributed by atoms with van der Waals surface area (Å²) in [5.74, 6) is 2.92. The monoisotopic (exact) mass is 468 g/mol. The van der Waals surface area contributed by atoms with Gasteiger partial charge >= 0.3 is 0 Å². The molecule has 6 nitrogen and oxygen atoms in total. The average molecular weight is 468 g/mol. The summed E-state index contributed by atoms with van der Waals surface area (Å²) in [6, 6.07) is 10.5. The van der Waals surface area contributed by atoms with Crippen molar-refractivity contribution < 1.29 is 0 Å². The van der Waals surface area contributed by atoms with E-state index >= 15 is 0 Å². The maximum absolute atomic E-state index is 4.70. The van der Waals surface area contributed by atoms with Crippen molar-refractivity contribution in [3.63, 3.8) is 0 Å². The third-order valence-corrected chi connectivity index (χ3v) is 4.46. The Hall–Kier alpha value is -1.64. The maximum atomic E-state index is 4.70. The number of nitrogens with one attached hydrogen (secondary N) is 2. The normalized spacial score (nSPS) is 14.1. The Morgan fingerprint density at radius 2 is 1.96 bits per heavy atom. The predicted octanol–water partition coefficient (Wildman–Crippen LogP) is 2.92. The lowest BCUT2D eigenvalue weighted by Gasteiger charge is -2.11. The molecule has 1 aliphatic rings. The summed E-state index contributed by atoms with van der Waals surface area (Å²) in [6.07, 6.45) is 5.70. The number of aliphatic imine (C=N–C) groups is 1. The standard InChI is InChI=1S/C19H28N6.HI/c1-2-20-19(21-13-12-16-9-5-3-6-10-16)22-15-18-24-23-17-11-7-4-8-14-25(17)18;/h3,5-6,9-10H,2,4,7-8,11-15H2,1H3,(H2,20,21,22);1H. The molecule has 1 aliphatic heterocycles. The Morgan fingerprint density at radius 3 is 2.77 bits per heavy atom. The maximum Gasteiger partial charge on any atom is 0.191 e. The molecule has 0 unspecified atom stereocenters. The molecule has 0 atom stereocenters. The lowest BCUT2D eigenvalue weighted by molar-refractivity contribution is 0.605. The topological polar surface area (TPSA) is 67.1 Å². The van der Waals surface area contributed by atoms with Gasteiger partial charge in [0.2, 0.25) is 0 Å². The van der Waals surface area contributed by atoms with Crippen LogP contribution in [-0.4, -0.2) is 33.8 Å². The molecule has 0 saturated carbocycles. The lowest BCUT2D eigenvalue weighted by atomic mass is 10.1. The Bertz CT molecular complexity index is 683. The number of rotatable bonds is 6. The molecule has 0 amide bonds. The molecule has 0 saturated heterocycles. The first kappa shape index (κ1) is 20.7. The second-order valence-electron chi connectivity index (χ2n) is 6.35. The van der Waals surface area contributed by atoms with Crippen LogP contribution in [-0.2, 0) is 25.9 Å². The van der Waals surface area contributed by atoms with Gasteiger partial charge < -0.3 is 15.2 Å². The molecular weight excluding hydrogens is 439 g/mol. The number of halogens is 1. The van der Waals surface area contributed by atoms with E-state index in [1.54, 1.807) is 0 Å². The second kappa shape index (κ2) is 11.2. The molecule has 142 valence electrons. The Kier molecular flexibility index (Phi) is 8.87. The third-order valence-electron chi connectivity index (χ3n) is 4.46. The van der Waals surface area contributed by atoms with Crippen LogP contribution in [0, 0.1) is 0 Å². The lowest BCUT2D eigenvalue weighted by Crippen LogP contribution is -2.38. The Balaban J connectivity index is 0.00000243. The number of guanidine groups is 1. The number of aryl methyl sites for hydroxylation is 1. The Labute approximate surface area is 172 Å². The van der Waals surface area contributed by atoms with Crippen molar-refractivity contribution in [2.45, 2.75) is 52.1 Å². The second-order valence-corrected chi connectivity index (χ2v) is 6.35. The van der Waals surface area contributed by atoms with Crippen LogP contribution in [0.15, 0.2) is 35.3 Å². The van der Waals surface area contributed by atoms with Crippen LogP contribution in [0.5, 0.6) is 0 Å². The highest BCUT2D eigenvalue weighted by molar-refractivity contribution is 14.0. The van der Waals surface area contributed by atoms with E-state index < -0.39 is 0 Å². The van der Waals surface area contributed by atoms with Crippen LogP contribution < -0.4 is 10.6 Å². The van der Waals surface area contributed by atoms with Gasteiger partial charge in [0.1, 0.15) is 12.4 Å². The summed E-state index contributed by atoms with van der Waals surface area (Å²) in [5.41, 5.74) is 1.33. The van der Waals surface area contributed by atoms with Gasteiger partial charge in [-0.2, -0.15) is 0 Å². The van der Waals surface area contributed by atoms with Gasteiger partial charge in [0, 0.05) is 26.1 Å². The molecule has 3 rings (SSSR count). The largest absolute Gasteiger partial charge is 0.357 e. The molecule has 0 fully saturated rings. The zero-order valence-corrected chi connectivity index (χ0v) is 17.8. The van der Waals surface area contributed by atoms with Crippen LogP contribution in [0.2, 0.25) is 0 Å². The quantitative estimate of drug-likeness (QED) is 0.389. The van der Waals surface area contributed by atoms with E-state index in [4.69, 9.17) is 4.99 Å². The van der Waals surface area contributed by atoms with Gasteiger partial charge in [-0.25, -0.2) is 4.99 Å². The summed E-state index contributed by atoms with van der Waals surface area (Å²) < 4.78 is 2.25. The van der Waals surface area contributed by atoms with E-state index in [1.807, 2.05) is 6.07 Å². The molecule has 0 spiro atoms. The zero-order chi connectivity index (χ0) is 17.3. The van der Waals surface area contributed by atoms with Gasteiger partial charge in [-0.05, 0) is 31.7 Å². The van der Waals surface area contributed by atoms with Crippen LogP contribution in [0.1, 0.15) is 43.4 Å². The Morgan fingerprint density at radius 1 is 1.12 bits per heavy atom. The summed E-state index contributed by atoms with van der Waals surface area (Å²) in [4.78, 5) is 4.70. The van der Waals surface area contributed by atoms with E-state index in [9.17, 15) is 0 Å². The van der Waals surface area contributed by atoms with Gasteiger partial charge in [-0.1, -0.05) is 36.8 Å². The predicted molar refractivity (Wildman–Crippen MR) is 116 cm³/mol. The highest BCUT2D eigenvalue weighted by Gasteiger charge is 2.14. The van der Waals surface area contributed by atoms with Crippen molar-refractivity contribution in [1.29, 1.82) is 0 Å². The van der Waals surface area contributed by atoms with Gasteiger partial charge in [0.25, 0.3) is 0 Å². The van der Waals surface area contributed by atoms with Gasteiger partial charge in [-0.3, -0.25) is 0 Å². The minimum absolute atomic E-state index is 0.